The number of aliphatic hydroxyl groups excluding tert-OH is 1. The van der Waals surface area contributed by atoms with Gasteiger partial charge in [-0.05, 0) is 42.7 Å². The molecule has 25 heavy (non-hydrogen) atoms. The monoisotopic (exact) mass is 347 g/mol. The van der Waals surface area contributed by atoms with Crippen molar-refractivity contribution in [1.29, 1.82) is 0 Å². The van der Waals surface area contributed by atoms with Gasteiger partial charge in [-0.2, -0.15) is 0 Å². The average Bonchev–Trinajstić information content (AvgIpc) is 2.61. The van der Waals surface area contributed by atoms with Crippen molar-refractivity contribution >= 4 is 5.91 Å². The molecule has 0 spiro atoms. The van der Waals surface area contributed by atoms with E-state index in [1.54, 1.807) is 7.11 Å². The maximum absolute atomic E-state index is 13.1. The normalized spacial score (nSPS) is 23.7. The molecule has 140 valence electrons. The van der Waals surface area contributed by atoms with Crippen molar-refractivity contribution in [3.05, 3.63) is 35.4 Å². The molecule has 0 radical (unpaired) electrons. The van der Waals surface area contributed by atoms with Crippen LogP contribution in [0.4, 0.5) is 0 Å². The molecule has 1 aromatic rings. The summed E-state index contributed by atoms with van der Waals surface area (Å²) in [4.78, 5) is 15.1. The minimum Gasteiger partial charge on any atom is -0.390 e. The number of rotatable bonds is 7. The SMILES string of the molecule is CCc1ccc(CN(CC(C)C)C(=O)[C@@H]2CC[C@H](O)[C@H](OC)C2)cc1. The van der Waals surface area contributed by atoms with E-state index in [0.29, 0.717) is 25.3 Å². The fraction of sp³-hybridized carbons (Fsp3) is 0.667. The number of aryl methyl sites for hydroxylation is 1. The predicted octanol–water partition coefficient (Wildman–Crippen LogP) is 3.41. The molecule has 1 amide bonds. The van der Waals surface area contributed by atoms with Gasteiger partial charge in [-0.25, -0.2) is 0 Å². The molecule has 0 heterocycles. The third-order valence-corrected chi connectivity index (χ3v) is 5.11. The number of ether oxygens (including phenoxy) is 1. The molecule has 0 bridgehead atoms. The molecule has 4 heteroatoms. The second-order valence-electron chi connectivity index (χ2n) is 7.63. The van der Waals surface area contributed by atoms with Gasteiger partial charge in [-0.1, -0.05) is 45.0 Å². The van der Waals surface area contributed by atoms with Gasteiger partial charge in [0.25, 0.3) is 0 Å². The number of hydrogen-bond acceptors (Lipinski definition) is 3. The number of hydrogen-bond donors (Lipinski definition) is 1. The Labute approximate surface area is 152 Å². The molecule has 2 rings (SSSR count). The number of carbonyl (C=O) groups is 1. The Bertz CT molecular complexity index is 541. The third kappa shape index (κ3) is 5.55. The lowest BCUT2D eigenvalue weighted by atomic mass is 9.84. The van der Waals surface area contributed by atoms with Crippen molar-refractivity contribution < 1.29 is 14.6 Å². The topological polar surface area (TPSA) is 49.8 Å². The molecule has 1 aromatic carbocycles. The average molecular weight is 347 g/mol. The van der Waals surface area contributed by atoms with Crippen molar-refractivity contribution in [3.63, 3.8) is 0 Å². The summed E-state index contributed by atoms with van der Waals surface area (Å²) in [7, 11) is 1.61. The molecule has 0 aliphatic heterocycles. The van der Waals surface area contributed by atoms with Crippen LogP contribution in [-0.4, -0.2) is 41.8 Å². The van der Waals surface area contributed by atoms with E-state index in [0.717, 1.165) is 19.4 Å². The van der Waals surface area contributed by atoms with Gasteiger partial charge in [0, 0.05) is 26.1 Å². The number of methoxy groups -OCH3 is 1. The molecule has 1 N–H and O–H groups in total. The standard InChI is InChI=1S/C21H33NO3/c1-5-16-6-8-17(9-7-16)14-22(13-15(2)3)21(24)18-10-11-19(23)20(12-18)25-4/h6-9,15,18-20,23H,5,10-14H2,1-4H3/t18-,19+,20-/m1/s1. The molecule has 0 unspecified atom stereocenters. The summed E-state index contributed by atoms with van der Waals surface area (Å²) in [6.07, 6.45) is 2.33. The van der Waals surface area contributed by atoms with Crippen LogP contribution in [0.1, 0.15) is 51.2 Å². The predicted molar refractivity (Wildman–Crippen MR) is 100 cm³/mol. The highest BCUT2D eigenvalue weighted by molar-refractivity contribution is 5.79. The molecular weight excluding hydrogens is 314 g/mol. The van der Waals surface area contributed by atoms with Gasteiger partial charge in [0.2, 0.25) is 5.91 Å². The maximum Gasteiger partial charge on any atom is 0.226 e. The summed E-state index contributed by atoms with van der Waals surface area (Å²) in [6.45, 7) is 7.84. The quantitative estimate of drug-likeness (QED) is 0.822. The van der Waals surface area contributed by atoms with E-state index < -0.39 is 6.10 Å². The Morgan fingerprint density at radius 2 is 1.88 bits per heavy atom. The number of nitrogens with zero attached hydrogens (tertiary/aromatic N) is 1. The fourth-order valence-electron chi connectivity index (χ4n) is 3.62. The van der Waals surface area contributed by atoms with E-state index in [-0.39, 0.29) is 17.9 Å². The van der Waals surface area contributed by atoms with Crippen molar-refractivity contribution in [3.8, 4) is 0 Å². The maximum atomic E-state index is 13.1. The number of aliphatic hydroxyl groups is 1. The lowest BCUT2D eigenvalue weighted by molar-refractivity contribution is -0.142. The zero-order chi connectivity index (χ0) is 18.4. The Hall–Kier alpha value is -1.39. The number of benzene rings is 1. The minimum atomic E-state index is -0.450. The van der Waals surface area contributed by atoms with Crippen LogP contribution in [-0.2, 0) is 22.5 Å². The van der Waals surface area contributed by atoms with Gasteiger partial charge in [0.15, 0.2) is 0 Å². The molecule has 1 aliphatic carbocycles. The van der Waals surface area contributed by atoms with Gasteiger partial charge in [0.05, 0.1) is 12.2 Å². The van der Waals surface area contributed by atoms with Crippen LogP contribution in [0, 0.1) is 11.8 Å². The fourth-order valence-corrected chi connectivity index (χ4v) is 3.62. The summed E-state index contributed by atoms with van der Waals surface area (Å²) in [6, 6.07) is 8.54. The zero-order valence-corrected chi connectivity index (χ0v) is 16.1. The molecule has 0 aromatic heterocycles. The van der Waals surface area contributed by atoms with Crippen molar-refractivity contribution in [1.82, 2.24) is 4.90 Å². The minimum absolute atomic E-state index is 0.0537. The van der Waals surface area contributed by atoms with Gasteiger partial charge < -0.3 is 14.7 Å². The molecule has 0 saturated heterocycles. The molecule has 1 saturated carbocycles. The van der Waals surface area contributed by atoms with Crippen molar-refractivity contribution in [2.24, 2.45) is 11.8 Å². The van der Waals surface area contributed by atoms with E-state index in [1.807, 2.05) is 4.90 Å². The lowest BCUT2D eigenvalue weighted by Crippen LogP contribution is -2.44. The first-order chi connectivity index (χ1) is 11.9. The summed E-state index contributed by atoms with van der Waals surface area (Å²) in [5.41, 5.74) is 2.49. The zero-order valence-electron chi connectivity index (χ0n) is 16.1. The number of carbonyl (C=O) groups excluding carboxylic acids is 1. The largest absolute Gasteiger partial charge is 0.390 e. The van der Waals surface area contributed by atoms with Crippen LogP contribution in [0.3, 0.4) is 0 Å². The summed E-state index contributed by atoms with van der Waals surface area (Å²) < 4.78 is 5.37. The summed E-state index contributed by atoms with van der Waals surface area (Å²) in [5, 5.41) is 9.99. The van der Waals surface area contributed by atoms with Crippen molar-refractivity contribution in [2.45, 2.75) is 65.2 Å². The first-order valence-electron chi connectivity index (χ1n) is 9.52. The first-order valence-corrected chi connectivity index (χ1v) is 9.52. The van der Waals surface area contributed by atoms with Crippen LogP contribution >= 0.6 is 0 Å². The van der Waals surface area contributed by atoms with Gasteiger partial charge in [-0.15, -0.1) is 0 Å². The number of amides is 1. The van der Waals surface area contributed by atoms with Gasteiger partial charge in [-0.3, -0.25) is 4.79 Å². The third-order valence-electron chi connectivity index (χ3n) is 5.11. The highest BCUT2D eigenvalue weighted by atomic mass is 16.5. The smallest absolute Gasteiger partial charge is 0.226 e. The van der Waals surface area contributed by atoms with Crippen LogP contribution in [0.2, 0.25) is 0 Å². The second kappa shape index (κ2) is 9.35. The summed E-state index contributed by atoms with van der Waals surface area (Å²) in [5.74, 6) is 0.565. The van der Waals surface area contributed by atoms with E-state index in [4.69, 9.17) is 4.74 Å². The van der Waals surface area contributed by atoms with Crippen LogP contribution in [0.15, 0.2) is 24.3 Å². The molecule has 4 nitrogen and oxygen atoms in total. The molecule has 1 fully saturated rings. The molecule has 3 atom stereocenters. The highest BCUT2D eigenvalue weighted by Crippen LogP contribution is 2.29. The van der Waals surface area contributed by atoms with Crippen LogP contribution in [0.5, 0.6) is 0 Å². The summed E-state index contributed by atoms with van der Waals surface area (Å²) >= 11 is 0. The highest BCUT2D eigenvalue weighted by Gasteiger charge is 2.35. The molecule has 1 aliphatic rings. The Kier molecular flexibility index (Phi) is 7.45. The first kappa shape index (κ1) is 19.9. The van der Waals surface area contributed by atoms with Gasteiger partial charge >= 0.3 is 0 Å². The van der Waals surface area contributed by atoms with E-state index in [9.17, 15) is 9.90 Å². The van der Waals surface area contributed by atoms with Crippen molar-refractivity contribution in [2.75, 3.05) is 13.7 Å². The Morgan fingerprint density at radius 1 is 1.24 bits per heavy atom. The lowest BCUT2D eigenvalue weighted by Gasteiger charge is -2.35. The second-order valence-corrected chi connectivity index (χ2v) is 7.63. The van der Waals surface area contributed by atoms with Crippen LogP contribution in [0.25, 0.3) is 0 Å². The van der Waals surface area contributed by atoms with Crippen LogP contribution < -0.4 is 0 Å². The Morgan fingerprint density at radius 3 is 2.44 bits per heavy atom. The van der Waals surface area contributed by atoms with E-state index in [2.05, 4.69) is 45.0 Å². The van der Waals surface area contributed by atoms with E-state index >= 15 is 0 Å². The Balaban J connectivity index is 2.08. The van der Waals surface area contributed by atoms with E-state index in [1.165, 1.54) is 11.1 Å². The molecular formula is C21H33NO3. The van der Waals surface area contributed by atoms with Gasteiger partial charge in [0.1, 0.15) is 0 Å².